The van der Waals surface area contributed by atoms with E-state index in [4.69, 9.17) is 18.6 Å². The molecule has 2 aromatic heterocycles. The zero-order chi connectivity index (χ0) is 22.7. The molecule has 0 radical (unpaired) electrons. The van der Waals surface area contributed by atoms with Crippen LogP contribution in [0.1, 0.15) is 11.3 Å². The maximum atomic E-state index is 6.10. The predicted molar refractivity (Wildman–Crippen MR) is 124 cm³/mol. The van der Waals surface area contributed by atoms with Crippen molar-refractivity contribution in [3.63, 3.8) is 0 Å². The summed E-state index contributed by atoms with van der Waals surface area (Å²) < 4.78 is 23.1. The zero-order valence-electron chi connectivity index (χ0n) is 18.0. The Morgan fingerprint density at radius 1 is 1.00 bits per heavy atom. The fraction of sp³-hybridized carbons (Fsp3) is 0.174. The van der Waals surface area contributed by atoms with Gasteiger partial charge >= 0.3 is 0 Å². The topological polar surface area (TPSA) is 91.5 Å². The zero-order valence-corrected chi connectivity index (χ0v) is 19.6. The summed E-state index contributed by atoms with van der Waals surface area (Å²) in [4.78, 5) is 13.2. The smallest absolute Gasteiger partial charge is 0.238 e. The van der Waals surface area contributed by atoms with Crippen molar-refractivity contribution in [1.82, 2.24) is 15.0 Å². The highest BCUT2D eigenvalue weighted by Gasteiger charge is 2.16. The van der Waals surface area contributed by atoms with Gasteiger partial charge in [-0.05, 0) is 53.5 Å². The summed E-state index contributed by atoms with van der Waals surface area (Å²) in [5, 5.41) is 3.18. The number of aryl methyl sites for hydroxylation is 2. The number of nitrogens with zero attached hydrogens (tertiary/aromatic N) is 3. The molecule has 0 atom stereocenters. The van der Waals surface area contributed by atoms with Crippen LogP contribution >= 0.6 is 15.9 Å². The third-order valence-electron chi connectivity index (χ3n) is 4.58. The average molecular weight is 497 g/mol. The molecule has 0 spiro atoms. The Labute approximate surface area is 193 Å². The summed E-state index contributed by atoms with van der Waals surface area (Å²) in [5.74, 6) is 3.02. The quantitative estimate of drug-likeness (QED) is 0.329. The standard InChI is InChI=1S/C23H21BrN4O4/c1-13-9-15(10-19(29-3)20(13)30-4)27-23-25-11-17(24)22(28-23)32-18-8-6-5-7-16(18)21-26-14(2)12-31-21/h5-12H,1-4H3,(H,25,27,28). The van der Waals surface area contributed by atoms with Gasteiger partial charge in [-0.3, -0.25) is 0 Å². The Morgan fingerprint density at radius 3 is 2.53 bits per heavy atom. The van der Waals surface area contributed by atoms with Gasteiger partial charge in [-0.15, -0.1) is 0 Å². The number of halogens is 1. The fourth-order valence-electron chi connectivity index (χ4n) is 3.15. The Balaban J connectivity index is 1.63. The molecule has 0 aliphatic rings. The van der Waals surface area contributed by atoms with Gasteiger partial charge < -0.3 is 23.9 Å². The van der Waals surface area contributed by atoms with Crippen LogP contribution in [0, 0.1) is 13.8 Å². The van der Waals surface area contributed by atoms with Gasteiger partial charge in [0.1, 0.15) is 12.0 Å². The Kier molecular flexibility index (Phi) is 6.27. The monoisotopic (exact) mass is 496 g/mol. The maximum Gasteiger partial charge on any atom is 0.238 e. The minimum Gasteiger partial charge on any atom is -0.493 e. The van der Waals surface area contributed by atoms with Gasteiger partial charge in [-0.1, -0.05) is 12.1 Å². The van der Waals surface area contributed by atoms with Gasteiger partial charge in [-0.2, -0.15) is 4.98 Å². The van der Waals surface area contributed by atoms with E-state index in [1.165, 1.54) is 0 Å². The molecule has 9 heteroatoms. The lowest BCUT2D eigenvalue weighted by Gasteiger charge is -2.14. The van der Waals surface area contributed by atoms with Crippen molar-refractivity contribution in [2.45, 2.75) is 13.8 Å². The number of nitrogens with one attached hydrogen (secondary N) is 1. The number of para-hydroxylation sites is 1. The normalized spacial score (nSPS) is 10.7. The number of methoxy groups -OCH3 is 2. The summed E-state index contributed by atoms with van der Waals surface area (Å²) in [6.45, 7) is 3.80. The second-order valence-corrected chi connectivity index (χ2v) is 7.75. The van der Waals surface area contributed by atoms with Gasteiger partial charge in [0.15, 0.2) is 11.5 Å². The van der Waals surface area contributed by atoms with Crippen molar-refractivity contribution in [2.24, 2.45) is 0 Å². The Hall–Kier alpha value is -3.59. The van der Waals surface area contributed by atoms with Crippen LogP contribution in [0.5, 0.6) is 23.1 Å². The fourth-order valence-corrected chi connectivity index (χ4v) is 3.43. The molecular weight excluding hydrogens is 476 g/mol. The summed E-state index contributed by atoms with van der Waals surface area (Å²) in [7, 11) is 3.20. The van der Waals surface area contributed by atoms with Crippen molar-refractivity contribution >= 4 is 27.6 Å². The summed E-state index contributed by atoms with van der Waals surface area (Å²) in [6, 6.07) is 11.2. The van der Waals surface area contributed by atoms with Crippen LogP contribution in [-0.4, -0.2) is 29.2 Å². The molecule has 0 saturated heterocycles. The molecule has 0 saturated carbocycles. The van der Waals surface area contributed by atoms with E-state index in [1.54, 1.807) is 26.7 Å². The molecule has 1 N–H and O–H groups in total. The van der Waals surface area contributed by atoms with E-state index in [-0.39, 0.29) is 0 Å². The van der Waals surface area contributed by atoms with Crippen molar-refractivity contribution in [3.05, 3.63) is 64.6 Å². The second-order valence-electron chi connectivity index (χ2n) is 6.89. The first-order valence-electron chi connectivity index (χ1n) is 9.70. The van der Waals surface area contributed by atoms with Crippen molar-refractivity contribution in [2.75, 3.05) is 19.5 Å². The molecule has 8 nitrogen and oxygen atoms in total. The van der Waals surface area contributed by atoms with Crippen molar-refractivity contribution in [1.29, 1.82) is 0 Å². The number of anilines is 2. The van der Waals surface area contributed by atoms with Crippen LogP contribution in [0.3, 0.4) is 0 Å². The summed E-state index contributed by atoms with van der Waals surface area (Å²) in [6.07, 6.45) is 3.22. The first-order valence-corrected chi connectivity index (χ1v) is 10.5. The number of hydrogen-bond donors (Lipinski definition) is 1. The molecule has 2 aromatic carbocycles. The van der Waals surface area contributed by atoms with Gasteiger partial charge in [0.05, 0.1) is 36.1 Å². The van der Waals surface area contributed by atoms with Gasteiger partial charge in [0, 0.05) is 11.8 Å². The average Bonchev–Trinajstić information content (AvgIpc) is 3.22. The van der Waals surface area contributed by atoms with Crippen LogP contribution in [0.15, 0.2) is 57.7 Å². The number of oxazole rings is 1. The maximum absolute atomic E-state index is 6.10. The first-order chi connectivity index (χ1) is 15.5. The van der Waals surface area contributed by atoms with E-state index in [0.717, 1.165) is 22.5 Å². The molecule has 2 heterocycles. The molecule has 32 heavy (non-hydrogen) atoms. The van der Waals surface area contributed by atoms with E-state index in [0.29, 0.717) is 39.4 Å². The lowest BCUT2D eigenvalue weighted by atomic mass is 10.2. The third-order valence-corrected chi connectivity index (χ3v) is 5.12. The SMILES string of the molecule is COc1cc(Nc2ncc(Br)c(Oc3ccccc3-c3nc(C)co3)n2)cc(C)c1OC. The number of rotatable bonds is 7. The van der Waals surface area contributed by atoms with Crippen molar-refractivity contribution < 1.29 is 18.6 Å². The highest BCUT2D eigenvalue weighted by molar-refractivity contribution is 9.10. The number of hydrogen-bond acceptors (Lipinski definition) is 8. The molecule has 0 fully saturated rings. The number of ether oxygens (including phenoxy) is 3. The molecule has 4 rings (SSSR count). The summed E-state index contributed by atoms with van der Waals surface area (Å²) in [5.41, 5.74) is 3.17. The van der Waals surface area contributed by atoms with E-state index >= 15 is 0 Å². The van der Waals surface area contributed by atoms with Gasteiger partial charge in [0.2, 0.25) is 17.7 Å². The number of benzene rings is 2. The molecule has 0 bridgehead atoms. The largest absolute Gasteiger partial charge is 0.493 e. The predicted octanol–water partition coefficient (Wildman–Crippen LogP) is 6.06. The minimum absolute atomic E-state index is 0.343. The molecule has 0 amide bonds. The first kappa shape index (κ1) is 21.6. The Bertz CT molecular complexity index is 1260. The number of aromatic nitrogens is 3. The highest BCUT2D eigenvalue weighted by Crippen LogP contribution is 2.37. The summed E-state index contributed by atoms with van der Waals surface area (Å²) >= 11 is 3.46. The van der Waals surface area contributed by atoms with Crippen LogP contribution < -0.4 is 19.5 Å². The molecule has 164 valence electrons. The Morgan fingerprint density at radius 2 is 1.81 bits per heavy atom. The van der Waals surface area contributed by atoms with Gasteiger partial charge in [0.25, 0.3) is 0 Å². The van der Waals surface area contributed by atoms with E-state index in [2.05, 4.69) is 36.2 Å². The molecular formula is C23H21BrN4O4. The lowest BCUT2D eigenvalue weighted by molar-refractivity contribution is 0.353. The van der Waals surface area contributed by atoms with Crippen LogP contribution in [0.25, 0.3) is 11.5 Å². The van der Waals surface area contributed by atoms with Gasteiger partial charge in [-0.25, -0.2) is 9.97 Å². The minimum atomic E-state index is 0.343. The van der Waals surface area contributed by atoms with E-state index in [9.17, 15) is 0 Å². The van der Waals surface area contributed by atoms with E-state index in [1.807, 2.05) is 50.2 Å². The molecule has 0 aliphatic heterocycles. The van der Waals surface area contributed by atoms with Crippen molar-refractivity contribution in [3.8, 4) is 34.6 Å². The van der Waals surface area contributed by atoms with Crippen LogP contribution in [0.2, 0.25) is 0 Å². The van der Waals surface area contributed by atoms with Crippen LogP contribution in [0.4, 0.5) is 11.6 Å². The second kappa shape index (κ2) is 9.27. The molecule has 0 unspecified atom stereocenters. The van der Waals surface area contributed by atoms with Crippen LogP contribution in [-0.2, 0) is 0 Å². The molecule has 4 aromatic rings. The third kappa shape index (κ3) is 4.52. The molecule has 0 aliphatic carbocycles. The lowest BCUT2D eigenvalue weighted by Crippen LogP contribution is -2.01. The highest BCUT2D eigenvalue weighted by atomic mass is 79.9. The van der Waals surface area contributed by atoms with E-state index < -0.39 is 0 Å².